The van der Waals surface area contributed by atoms with E-state index in [4.69, 9.17) is 15.6 Å². The Kier molecular flexibility index (Phi) is 6.17. The van der Waals surface area contributed by atoms with E-state index in [1.807, 2.05) is 24.3 Å². The van der Waals surface area contributed by atoms with E-state index in [2.05, 4.69) is 19.8 Å². The van der Waals surface area contributed by atoms with Crippen LogP contribution in [-0.4, -0.2) is 50.8 Å². The lowest BCUT2D eigenvalue weighted by atomic mass is 10.2. The average Bonchev–Trinajstić information content (AvgIpc) is 3.15. The number of hydrogen-bond acceptors (Lipinski definition) is 8. The minimum Gasteiger partial charge on any atom is -0.497 e. The Morgan fingerprint density at radius 2 is 2.04 bits per heavy atom. The monoisotopic (exact) mass is 359 g/mol. The number of nitrogens with two attached hydrogens (primary N) is 1. The summed E-state index contributed by atoms with van der Waals surface area (Å²) in [5, 5.41) is 12.5. The second kappa shape index (κ2) is 8.53. The van der Waals surface area contributed by atoms with Crippen LogP contribution >= 0.6 is 0 Å². The van der Waals surface area contributed by atoms with Crippen LogP contribution in [0, 0.1) is 0 Å². The number of benzene rings is 1. The standard InChI is InChI=1S/C8H6N4O4.C8H11NO/c1-16-7(15)5-2-4(6(13)14)11-8-9-3-10-12(5)8;1-10-8-4-2-3-7(5-8)6-9/h2-3H,1H3,(H,13,14);2-5H,6,9H2,1H3. The van der Waals surface area contributed by atoms with E-state index in [0.717, 1.165) is 21.9 Å². The highest BCUT2D eigenvalue weighted by molar-refractivity contribution is 5.92. The number of carboxylic acid groups (broad SMARTS) is 1. The molecule has 0 aliphatic rings. The molecule has 0 bridgehead atoms. The first kappa shape index (κ1) is 18.8. The summed E-state index contributed by atoms with van der Waals surface area (Å²) in [4.78, 5) is 29.5. The SMILES string of the molecule is COC(=O)c1cc(C(=O)O)nc2ncnn12.COc1cccc(CN)c1. The number of carboxylic acids is 1. The number of esters is 1. The predicted octanol–water partition coefficient (Wildman–Crippen LogP) is 0.763. The number of ether oxygens (including phenoxy) is 2. The molecule has 0 fully saturated rings. The average molecular weight is 359 g/mol. The molecule has 0 aliphatic heterocycles. The van der Waals surface area contributed by atoms with Gasteiger partial charge in [-0.15, -0.1) is 0 Å². The van der Waals surface area contributed by atoms with Crippen molar-refractivity contribution in [3.63, 3.8) is 0 Å². The van der Waals surface area contributed by atoms with E-state index >= 15 is 0 Å². The van der Waals surface area contributed by atoms with Gasteiger partial charge in [0.2, 0.25) is 0 Å². The maximum Gasteiger partial charge on any atom is 0.356 e. The van der Waals surface area contributed by atoms with Crippen molar-refractivity contribution in [3.05, 3.63) is 53.6 Å². The second-order valence-electron chi connectivity index (χ2n) is 4.85. The van der Waals surface area contributed by atoms with E-state index in [1.54, 1.807) is 7.11 Å². The van der Waals surface area contributed by atoms with Crippen LogP contribution in [0.25, 0.3) is 5.78 Å². The van der Waals surface area contributed by atoms with Gasteiger partial charge in [0.15, 0.2) is 11.4 Å². The summed E-state index contributed by atoms with van der Waals surface area (Å²) < 4.78 is 10.6. The second-order valence-corrected chi connectivity index (χ2v) is 4.85. The van der Waals surface area contributed by atoms with Gasteiger partial charge in [-0.2, -0.15) is 14.6 Å². The Hall–Kier alpha value is -3.53. The highest BCUT2D eigenvalue weighted by atomic mass is 16.5. The molecule has 136 valence electrons. The van der Waals surface area contributed by atoms with Gasteiger partial charge >= 0.3 is 11.9 Å². The lowest BCUT2D eigenvalue weighted by Gasteiger charge is -2.02. The molecule has 0 saturated carbocycles. The molecule has 0 radical (unpaired) electrons. The zero-order valence-corrected chi connectivity index (χ0v) is 14.1. The molecule has 0 saturated heterocycles. The summed E-state index contributed by atoms with van der Waals surface area (Å²) in [6.45, 7) is 0.567. The van der Waals surface area contributed by atoms with E-state index in [-0.39, 0.29) is 17.2 Å². The third-order valence-electron chi connectivity index (χ3n) is 3.24. The van der Waals surface area contributed by atoms with Crippen molar-refractivity contribution < 1.29 is 24.2 Å². The van der Waals surface area contributed by atoms with Crippen LogP contribution in [0.4, 0.5) is 0 Å². The number of methoxy groups -OCH3 is 2. The molecule has 0 aliphatic carbocycles. The number of carbonyl (C=O) groups is 2. The number of hydrogen-bond donors (Lipinski definition) is 2. The number of rotatable bonds is 4. The molecule has 26 heavy (non-hydrogen) atoms. The first-order valence-electron chi connectivity index (χ1n) is 7.35. The van der Waals surface area contributed by atoms with E-state index in [9.17, 15) is 9.59 Å². The Labute approximate surface area is 148 Å². The van der Waals surface area contributed by atoms with Crippen LogP contribution in [0.2, 0.25) is 0 Å². The van der Waals surface area contributed by atoms with E-state index in [0.29, 0.717) is 6.54 Å². The summed E-state index contributed by atoms with van der Waals surface area (Å²) in [5.74, 6) is -1.07. The van der Waals surface area contributed by atoms with Crippen LogP contribution in [0.5, 0.6) is 5.75 Å². The van der Waals surface area contributed by atoms with Gasteiger partial charge in [-0.3, -0.25) is 0 Å². The van der Waals surface area contributed by atoms with Gasteiger partial charge in [-0.1, -0.05) is 12.1 Å². The molecule has 3 N–H and O–H groups in total. The third kappa shape index (κ3) is 4.30. The summed E-state index contributed by atoms with van der Waals surface area (Å²) in [6.07, 6.45) is 1.17. The van der Waals surface area contributed by atoms with Crippen molar-refractivity contribution in [2.45, 2.75) is 6.54 Å². The number of aromatic nitrogens is 4. The molecule has 0 unspecified atom stereocenters. The summed E-state index contributed by atoms with van der Waals surface area (Å²) in [6, 6.07) is 8.82. The van der Waals surface area contributed by atoms with Crippen molar-refractivity contribution in [1.82, 2.24) is 19.6 Å². The van der Waals surface area contributed by atoms with Gasteiger partial charge in [-0.25, -0.2) is 14.6 Å². The maximum absolute atomic E-state index is 11.4. The molecule has 10 heteroatoms. The Balaban J connectivity index is 0.000000209. The largest absolute Gasteiger partial charge is 0.497 e. The zero-order valence-electron chi connectivity index (χ0n) is 14.1. The molecule has 10 nitrogen and oxygen atoms in total. The lowest BCUT2D eigenvalue weighted by molar-refractivity contribution is 0.0590. The molecule has 3 aromatic rings. The molecular weight excluding hydrogens is 342 g/mol. The predicted molar refractivity (Wildman–Crippen MR) is 90.0 cm³/mol. The Bertz CT molecular complexity index is 905. The molecule has 2 aromatic heterocycles. The van der Waals surface area contributed by atoms with Crippen molar-refractivity contribution in [1.29, 1.82) is 0 Å². The lowest BCUT2D eigenvalue weighted by Crippen LogP contribution is -2.13. The molecule has 2 heterocycles. The highest BCUT2D eigenvalue weighted by Crippen LogP contribution is 2.11. The molecule has 1 aromatic carbocycles. The normalized spacial score (nSPS) is 9.96. The van der Waals surface area contributed by atoms with Crippen molar-refractivity contribution >= 4 is 17.7 Å². The van der Waals surface area contributed by atoms with Gasteiger partial charge in [-0.05, 0) is 17.7 Å². The van der Waals surface area contributed by atoms with Gasteiger partial charge in [0.25, 0.3) is 5.78 Å². The number of carbonyl (C=O) groups excluding carboxylic acids is 1. The van der Waals surface area contributed by atoms with Crippen LogP contribution < -0.4 is 10.5 Å². The Morgan fingerprint density at radius 1 is 1.27 bits per heavy atom. The zero-order chi connectivity index (χ0) is 19.1. The van der Waals surface area contributed by atoms with Gasteiger partial charge in [0, 0.05) is 12.6 Å². The van der Waals surface area contributed by atoms with Crippen LogP contribution in [0.1, 0.15) is 26.5 Å². The maximum atomic E-state index is 11.4. The fraction of sp³-hybridized carbons (Fsp3) is 0.188. The topological polar surface area (TPSA) is 142 Å². The van der Waals surface area contributed by atoms with Crippen LogP contribution in [0.15, 0.2) is 36.7 Å². The fourth-order valence-corrected chi connectivity index (χ4v) is 1.97. The van der Waals surface area contributed by atoms with Crippen molar-refractivity contribution in [2.75, 3.05) is 14.2 Å². The highest BCUT2D eigenvalue weighted by Gasteiger charge is 2.17. The summed E-state index contributed by atoms with van der Waals surface area (Å²) in [5.41, 5.74) is 6.18. The minimum absolute atomic E-state index is 0.0281. The Morgan fingerprint density at radius 3 is 2.65 bits per heavy atom. The van der Waals surface area contributed by atoms with E-state index < -0.39 is 11.9 Å². The minimum atomic E-state index is -1.25. The first-order chi connectivity index (χ1) is 12.5. The molecule has 3 rings (SSSR count). The summed E-state index contributed by atoms with van der Waals surface area (Å²) >= 11 is 0. The van der Waals surface area contributed by atoms with Gasteiger partial charge < -0.3 is 20.3 Å². The molecule has 0 amide bonds. The number of fused-ring (bicyclic) bond motifs is 1. The van der Waals surface area contributed by atoms with Crippen LogP contribution in [-0.2, 0) is 11.3 Å². The molecule has 0 atom stereocenters. The quantitative estimate of drug-likeness (QED) is 0.645. The van der Waals surface area contributed by atoms with Gasteiger partial charge in [0.1, 0.15) is 12.1 Å². The third-order valence-corrected chi connectivity index (χ3v) is 3.24. The summed E-state index contributed by atoms with van der Waals surface area (Å²) in [7, 11) is 2.83. The number of nitrogens with zero attached hydrogens (tertiary/aromatic N) is 4. The number of aromatic carboxylic acids is 1. The van der Waals surface area contributed by atoms with Crippen LogP contribution in [0.3, 0.4) is 0 Å². The first-order valence-corrected chi connectivity index (χ1v) is 7.35. The molecular formula is C16H17N5O5. The van der Waals surface area contributed by atoms with Gasteiger partial charge in [0.05, 0.1) is 14.2 Å². The van der Waals surface area contributed by atoms with Crippen molar-refractivity contribution in [3.8, 4) is 5.75 Å². The van der Waals surface area contributed by atoms with Crippen molar-refractivity contribution in [2.24, 2.45) is 5.73 Å². The fourth-order valence-electron chi connectivity index (χ4n) is 1.97. The smallest absolute Gasteiger partial charge is 0.356 e. The molecule has 0 spiro atoms. The van der Waals surface area contributed by atoms with E-state index in [1.165, 1.54) is 13.4 Å².